The van der Waals surface area contributed by atoms with Gasteiger partial charge in [0.1, 0.15) is 0 Å². The van der Waals surface area contributed by atoms with Crippen LogP contribution in [0.4, 0.5) is 5.69 Å². The molecule has 1 saturated heterocycles. The highest BCUT2D eigenvalue weighted by Crippen LogP contribution is 2.28. The van der Waals surface area contributed by atoms with Crippen LogP contribution >= 0.6 is 0 Å². The fourth-order valence-corrected chi connectivity index (χ4v) is 3.77. The van der Waals surface area contributed by atoms with Crippen LogP contribution in [0.5, 0.6) is 0 Å². The zero-order valence-electron chi connectivity index (χ0n) is 14.6. The molecule has 0 aliphatic carbocycles. The molecule has 4 rings (SSSR count). The molecule has 0 radical (unpaired) electrons. The van der Waals surface area contributed by atoms with E-state index < -0.39 is 0 Å². The number of pyridine rings is 1. The molecular formula is C20H22N4O2. The second-order valence-electron chi connectivity index (χ2n) is 6.74. The monoisotopic (exact) mass is 350 g/mol. The molecule has 2 aromatic rings. The third kappa shape index (κ3) is 3.27. The summed E-state index contributed by atoms with van der Waals surface area (Å²) in [6, 6.07) is 11.3. The molecule has 0 spiro atoms. The second kappa shape index (κ2) is 7.15. The Morgan fingerprint density at radius 3 is 2.73 bits per heavy atom. The summed E-state index contributed by atoms with van der Waals surface area (Å²) >= 11 is 0. The van der Waals surface area contributed by atoms with Gasteiger partial charge < -0.3 is 15.1 Å². The van der Waals surface area contributed by atoms with E-state index in [1.807, 2.05) is 41.3 Å². The van der Waals surface area contributed by atoms with Crippen molar-refractivity contribution < 1.29 is 9.59 Å². The summed E-state index contributed by atoms with van der Waals surface area (Å²) in [6.07, 6.45) is 4.84. The number of fused-ring (bicyclic) bond motifs is 1. The smallest absolute Gasteiger partial charge is 0.252 e. The lowest BCUT2D eigenvalue weighted by Gasteiger charge is -2.24. The summed E-state index contributed by atoms with van der Waals surface area (Å²) in [6.45, 7) is 3.19. The zero-order valence-corrected chi connectivity index (χ0v) is 14.6. The third-order valence-electron chi connectivity index (χ3n) is 5.14. The second-order valence-corrected chi connectivity index (χ2v) is 6.74. The van der Waals surface area contributed by atoms with Gasteiger partial charge in [0, 0.05) is 49.8 Å². The molecule has 0 saturated carbocycles. The van der Waals surface area contributed by atoms with Crippen LogP contribution in [0.15, 0.2) is 48.8 Å². The van der Waals surface area contributed by atoms with Crippen molar-refractivity contribution in [2.45, 2.75) is 18.9 Å². The Balaban J connectivity index is 1.39. The predicted molar refractivity (Wildman–Crippen MR) is 98.9 cm³/mol. The molecule has 2 amide bonds. The Kier molecular flexibility index (Phi) is 4.56. The van der Waals surface area contributed by atoms with Gasteiger partial charge in [0.05, 0.1) is 12.5 Å². The van der Waals surface area contributed by atoms with E-state index in [1.165, 1.54) is 0 Å². The van der Waals surface area contributed by atoms with Crippen LogP contribution < -0.4 is 10.2 Å². The van der Waals surface area contributed by atoms with Gasteiger partial charge in [0.25, 0.3) is 5.91 Å². The summed E-state index contributed by atoms with van der Waals surface area (Å²) in [4.78, 5) is 33.1. The van der Waals surface area contributed by atoms with Crippen molar-refractivity contribution >= 4 is 17.5 Å². The van der Waals surface area contributed by atoms with Gasteiger partial charge in [-0.1, -0.05) is 18.2 Å². The van der Waals surface area contributed by atoms with Crippen LogP contribution in [-0.2, 0) is 4.79 Å². The molecule has 2 aliphatic heterocycles. The number of carbonyl (C=O) groups is 2. The molecule has 26 heavy (non-hydrogen) atoms. The average molecular weight is 350 g/mol. The highest BCUT2D eigenvalue weighted by atomic mass is 16.2. The van der Waals surface area contributed by atoms with Gasteiger partial charge in [-0.3, -0.25) is 14.6 Å². The first kappa shape index (κ1) is 16.6. The van der Waals surface area contributed by atoms with Crippen molar-refractivity contribution in [2.24, 2.45) is 0 Å². The summed E-state index contributed by atoms with van der Waals surface area (Å²) in [5, 5.41) is 2.94. The van der Waals surface area contributed by atoms with Crippen molar-refractivity contribution in [2.75, 3.05) is 31.1 Å². The van der Waals surface area contributed by atoms with Crippen LogP contribution in [-0.4, -0.2) is 47.9 Å². The van der Waals surface area contributed by atoms with Crippen molar-refractivity contribution in [1.29, 1.82) is 0 Å². The molecule has 1 fully saturated rings. The lowest BCUT2D eigenvalue weighted by Crippen LogP contribution is -2.37. The van der Waals surface area contributed by atoms with Gasteiger partial charge in [-0.25, -0.2) is 0 Å². The number of rotatable bonds is 3. The van der Waals surface area contributed by atoms with Crippen LogP contribution in [0, 0.1) is 0 Å². The number of nitrogens with zero attached hydrogens (tertiary/aromatic N) is 3. The van der Waals surface area contributed by atoms with Crippen molar-refractivity contribution in [3.8, 4) is 0 Å². The normalized spacial score (nSPS) is 19.7. The third-order valence-corrected chi connectivity index (χ3v) is 5.14. The van der Waals surface area contributed by atoms with Crippen molar-refractivity contribution in [3.05, 3.63) is 59.9 Å². The van der Waals surface area contributed by atoms with Gasteiger partial charge in [-0.05, 0) is 30.2 Å². The molecule has 3 heterocycles. The maximum absolute atomic E-state index is 12.8. The molecule has 134 valence electrons. The Morgan fingerprint density at radius 1 is 1.08 bits per heavy atom. The van der Waals surface area contributed by atoms with E-state index >= 15 is 0 Å². The van der Waals surface area contributed by atoms with E-state index in [9.17, 15) is 9.59 Å². The fourth-order valence-electron chi connectivity index (χ4n) is 3.77. The van der Waals surface area contributed by atoms with E-state index in [-0.39, 0.29) is 17.9 Å². The number of hydrogen-bond donors (Lipinski definition) is 1. The highest BCUT2D eigenvalue weighted by Gasteiger charge is 2.31. The standard InChI is InChI=1S/C20H22N4O2/c25-19(14-18-16-4-1-2-5-17(16)20(26)22-18)24-11-3-10-23(12-13-24)15-6-8-21-9-7-15/h1-2,4-9,18H,3,10-14H2,(H,22,26)/t18-/m0/s1. The topological polar surface area (TPSA) is 65.5 Å². The van der Waals surface area contributed by atoms with Gasteiger partial charge in [-0.2, -0.15) is 0 Å². The maximum atomic E-state index is 12.8. The Hall–Kier alpha value is -2.89. The lowest BCUT2D eigenvalue weighted by molar-refractivity contribution is -0.131. The number of nitrogens with one attached hydrogen (secondary N) is 1. The molecule has 0 unspecified atom stereocenters. The van der Waals surface area contributed by atoms with E-state index in [0.717, 1.165) is 37.3 Å². The predicted octanol–water partition coefficient (Wildman–Crippen LogP) is 2.00. The fraction of sp³-hybridized carbons (Fsp3) is 0.350. The number of aromatic nitrogens is 1. The molecular weight excluding hydrogens is 328 g/mol. The van der Waals surface area contributed by atoms with Gasteiger partial charge >= 0.3 is 0 Å². The molecule has 1 aromatic carbocycles. The average Bonchev–Trinajstić information content (AvgIpc) is 2.86. The molecule has 1 aromatic heterocycles. The first-order valence-electron chi connectivity index (χ1n) is 9.05. The van der Waals surface area contributed by atoms with Gasteiger partial charge in [0.2, 0.25) is 5.91 Å². The van der Waals surface area contributed by atoms with Crippen molar-refractivity contribution in [3.63, 3.8) is 0 Å². The minimum Gasteiger partial charge on any atom is -0.370 e. The van der Waals surface area contributed by atoms with Crippen molar-refractivity contribution in [1.82, 2.24) is 15.2 Å². The minimum absolute atomic E-state index is 0.0851. The largest absolute Gasteiger partial charge is 0.370 e. The summed E-state index contributed by atoms with van der Waals surface area (Å²) < 4.78 is 0. The molecule has 6 nitrogen and oxygen atoms in total. The Morgan fingerprint density at radius 2 is 1.88 bits per heavy atom. The summed E-state index contributed by atoms with van der Waals surface area (Å²) in [7, 11) is 0. The molecule has 1 atom stereocenters. The summed E-state index contributed by atoms with van der Waals surface area (Å²) in [5.41, 5.74) is 2.76. The van der Waals surface area contributed by atoms with Gasteiger partial charge in [0.15, 0.2) is 0 Å². The van der Waals surface area contributed by atoms with Crippen LogP contribution in [0.2, 0.25) is 0 Å². The first-order chi connectivity index (χ1) is 12.7. The molecule has 0 bridgehead atoms. The van der Waals surface area contributed by atoms with E-state index in [0.29, 0.717) is 18.5 Å². The number of carbonyl (C=O) groups excluding carboxylic acids is 2. The SMILES string of the molecule is O=C1N[C@@H](CC(=O)N2CCCN(c3ccncc3)CC2)c2ccccc21. The number of amides is 2. The van der Waals surface area contributed by atoms with Gasteiger partial charge in [-0.15, -0.1) is 0 Å². The maximum Gasteiger partial charge on any atom is 0.252 e. The van der Waals surface area contributed by atoms with E-state index in [1.54, 1.807) is 12.4 Å². The Bertz CT molecular complexity index is 808. The number of benzene rings is 1. The quantitative estimate of drug-likeness (QED) is 0.919. The highest BCUT2D eigenvalue weighted by molar-refractivity contribution is 5.99. The minimum atomic E-state index is -0.217. The van der Waals surface area contributed by atoms with Crippen LogP contribution in [0.3, 0.4) is 0 Å². The van der Waals surface area contributed by atoms with E-state index in [2.05, 4.69) is 15.2 Å². The van der Waals surface area contributed by atoms with Crippen LogP contribution in [0.1, 0.15) is 34.8 Å². The zero-order chi connectivity index (χ0) is 17.9. The molecule has 6 heteroatoms. The Labute approximate surface area is 152 Å². The lowest BCUT2D eigenvalue weighted by atomic mass is 10.0. The van der Waals surface area contributed by atoms with Crippen LogP contribution in [0.25, 0.3) is 0 Å². The van der Waals surface area contributed by atoms with E-state index in [4.69, 9.17) is 0 Å². The molecule has 1 N–H and O–H groups in total. The number of anilines is 1. The molecule has 2 aliphatic rings. The number of hydrogen-bond acceptors (Lipinski definition) is 4. The summed E-state index contributed by atoms with van der Waals surface area (Å²) in [5.74, 6) is 0.0155. The first-order valence-corrected chi connectivity index (χ1v) is 9.05.